The standard InChI is InChI=1S/C5H12N2O/c1-5(4-8)2-7(6)3-5/h8H,2-4,6H2,1H3. The molecule has 0 aromatic carbocycles. The van der Waals surface area contributed by atoms with Gasteiger partial charge in [0.2, 0.25) is 0 Å². The predicted octanol–water partition coefficient (Wildman–Crippen LogP) is -0.826. The number of rotatable bonds is 1. The number of hydrogen-bond donors (Lipinski definition) is 2. The van der Waals surface area contributed by atoms with Crippen LogP contribution in [0.5, 0.6) is 0 Å². The molecule has 1 fully saturated rings. The first-order valence-corrected chi connectivity index (χ1v) is 2.77. The molecule has 1 heterocycles. The molecular weight excluding hydrogens is 104 g/mol. The molecule has 1 aliphatic heterocycles. The van der Waals surface area contributed by atoms with Gasteiger partial charge in [-0.3, -0.25) is 5.84 Å². The summed E-state index contributed by atoms with van der Waals surface area (Å²) >= 11 is 0. The lowest BCUT2D eigenvalue weighted by Gasteiger charge is -2.44. The first kappa shape index (κ1) is 6.01. The lowest BCUT2D eigenvalue weighted by Crippen LogP contribution is -2.59. The van der Waals surface area contributed by atoms with Crippen LogP contribution in [0.4, 0.5) is 0 Å². The van der Waals surface area contributed by atoms with Crippen LogP contribution >= 0.6 is 0 Å². The fourth-order valence-electron chi connectivity index (χ4n) is 1.03. The zero-order valence-corrected chi connectivity index (χ0v) is 5.09. The summed E-state index contributed by atoms with van der Waals surface area (Å²) < 4.78 is 0. The Morgan fingerprint density at radius 1 is 1.75 bits per heavy atom. The van der Waals surface area contributed by atoms with Gasteiger partial charge in [0.05, 0.1) is 6.61 Å². The minimum absolute atomic E-state index is 0.0920. The van der Waals surface area contributed by atoms with Crippen LogP contribution in [-0.2, 0) is 0 Å². The van der Waals surface area contributed by atoms with Crippen molar-refractivity contribution in [2.24, 2.45) is 11.3 Å². The predicted molar refractivity (Wildman–Crippen MR) is 31.0 cm³/mol. The quantitative estimate of drug-likeness (QED) is 0.440. The molecule has 0 radical (unpaired) electrons. The average molecular weight is 116 g/mol. The molecule has 0 bridgehead atoms. The van der Waals surface area contributed by atoms with Crippen molar-refractivity contribution in [1.82, 2.24) is 5.01 Å². The fraction of sp³-hybridized carbons (Fsp3) is 1.00. The van der Waals surface area contributed by atoms with Crippen molar-refractivity contribution < 1.29 is 5.11 Å². The third-order valence-electron chi connectivity index (χ3n) is 1.55. The summed E-state index contributed by atoms with van der Waals surface area (Å²) in [5.41, 5.74) is 0.0920. The van der Waals surface area contributed by atoms with E-state index >= 15 is 0 Å². The smallest absolute Gasteiger partial charge is 0.0510 e. The number of aliphatic hydroxyl groups excluding tert-OH is 1. The van der Waals surface area contributed by atoms with Crippen LogP contribution in [0.25, 0.3) is 0 Å². The zero-order valence-electron chi connectivity index (χ0n) is 5.09. The van der Waals surface area contributed by atoms with Gasteiger partial charge < -0.3 is 5.11 Å². The van der Waals surface area contributed by atoms with Crippen LogP contribution in [0, 0.1) is 5.41 Å². The summed E-state index contributed by atoms with van der Waals surface area (Å²) in [5, 5.41) is 10.4. The van der Waals surface area contributed by atoms with Gasteiger partial charge in [-0.2, -0.15) is 0 Å². The van der Waals surface area contributed by atoms with E-state index in [0.29, 0.717) is 0 Å². The maximum absolute atomic E-state index is 8.68. The summed E-state index contributed by atoms with van der Waals surface area (Å²) in [6.45, 7) is 3.92. The Kier molecular flexibility index (Phi) is 1.27. The second-order valence-electron chi connectivity index (χ2n) is 2.87. The number of hydrazine groups is 1. The molecule has 1 rings (SSSR count). The van der Waals surface area contributed by atoms with E-state index in [1.165, 1.54) is 0 Å². The summed E-state index contributed by atoms with van der Waals surface area (Å²) in [4.78, 5) is 0. The van der Waals surface area contributed by atoms with Gasteiger partial charge in [-0.15, -0.1) is 0 Å². The van der Waals surface area contributed by atoms with E-state index in [9.17, 15) is 0 Å². The lowest BCUT2D eigenvalue weighted by atomic mass is 9.85. The maximum atomic E-state index is 8.68. The van der Waals surface area contributed by atoms with Crippen LogP contribution in [0.3, 0.4) is 0 Å². The molecule has 3 heteroatoms. The molecular formula is C5H12N2O. The van der Waals surface area contributed by atoms with Gasteiger partial charge in [0.15, 0.2) is 0 Å². The van der Waals surface area contributed by atoms with E-state index in [1.807, 2.05) is 6.92 Å². The highest BCUT2D eigenvalue weighted by atomic mass is 16.3. The molecule has 1 aliphatic rings. The van der Waals surface area contributed by atoms with E-state index in [0.717, 1.165) is 13.1 Å². The first-order valence-electron chi connectivity index (χ1n) is 2.77. The minimum atomic E-state index is 0.0920. The third kappa shape index (κ3) is 0.844. The van der Waals surface area contributed by atoms with Gasteiger partial charge in [-0.1, -0.05) is 6.92 Å². The van der Waals surface area contributed by atoms with Gasteiger partial charge in [-0.05, 0) is 0 Å². The fourth-order valence-corrected chi connectivity index (χ4v) is 1.03. The van der Waals surface area contributed by atoms with Crippen LogP contribution in [0.2, 0.25) is 0 Å². The average Bonchev–Trinajstić information content (AvgIpc) is 1.63. The minimum Gasteiger partial charge on any atom is -0.396 e. The molecule has 48 valence electrons. The van der Waals surface area contributed by atoms with Crippen molar-refractivity contribution in [1.29, 1.82) is 0 Å². The summed E-state index contributed by atoms with van der Waals surface area (Å²) in [7, 11) is 0. The van der Waals surface area contributed by atoms with E-state index in [2.05, 4.69) is 0 Å². The largest absolute Gasteiger partial charge is 0.396 e. The van der Waals surface area contributed by atoms with Gasteiger partial charge in [-0.25, -0.2) is 5.01 Å². The van der Waals surface area contributed by atoms with Crippen molar-refractivity contribution >= 4 is 0 Å². The molecule has 0 atom stereocenters. The van der Waals surface area contributed by atoms with Crippen molar-refractivity contribution in [2.75, 3.05) is 19.7 Å². The monoisotopic (exact) mass is 116 g/mol. The summed E-state index contributed by atoms with van der Waals surface area (Å²) in [6, 6.07) is 0. The topological polar surface area (TPSA) is 49.5 Å². The third-order valence-corrected chi connectivity index (χ3v) is 1.55. The van der Waals surface area contributed by atoms with Crippen molar-refractivity contribution in [2.45, 2.75) is 6.92 Å². The molecule has 0 aliphatic carbocycles. The molecule has 3 N–H and O–H groups in total. The molecule has 0 unspecified atom stereocenters. The number of aliphatic hydroxyl groups is 1. The van der Waals surface area contributed by atoms with E-state index in [4.69, 9.17) is 10.9 Å². The highest BCUT2D eigenvalue weighted by molar-refractivity contribution is 4.87. The first-order chi connectivity index (χ1) is 3.66. The Labute approximate surface area is 49.1 Å². The SMILES string of the molecule is CC1(CO)CN(N)C1. The van der Waals surface area contributed by atoms with E-state index in [-0.39, 0.29) is 12.0 Å². The highest BCUT2D eigenvalue weighted by Gasteiger charge is 2.36. The molecule has 0 saturated carbocycles. The van der Waals surface area contributed by atoms with Crippen molar-refractivity contribution in [3.63, 3.8) is 0 Å². The molecule has 0 amide bonds. The number of nitrogens with zero attached hydrogens (tertiary/aromatic N) is 1. The Hall–Kier alpha value is -0.120. The van der Waals surface area contributed by atoms with Gasteiger partial charge in [0, 0.05) is 18.5 Å². The van der Waals surface area contributed by atoms with Crippen LogP contribution < -0.4 is 5.84 Å². The Balaban J connectivity index is 2.30. The van der Waals surface area contributed by atoms with E-state index < -0.39 is 0 Å². The van der Waals surface area contributed by atoms with Gasteiger partial charge >= 0.3 is 0 Å². The van der Waals surface area contributed by atoms with E-state index in [1.54, 1.807) is 5.01 Å². The Bertz CT molecular complexity index is 88.4. The molecule has 1 saturated heterocycles. The number of nitrogens with two attached hydrogens (primary N) is 1. The maximum Gasteiger partial charge on any atom is 0.0510 e. The normalized spacial score (nSPS) is 27.4. The van der Waals surface area contributed by atoms with Crippen molar-refractivity contribution in [3.8, 4) is 0 Å². The molecule has 0 spiro atoms. The number of hydrogen-bond acceptors (Lipinski definition) is 3. The van der Waals surface area contributed by atoms with Crippen LogP contribution in [-0.4, -0.2) is 29.8 Å². The summed E-state index contributed by atoms with van der Waals surface area (Å²) in [5.74, 6) is 5.35. The molecule has 8 heavy (non-hydrogen) atoms. The van der Waals surface area contributed by atoms with Gasteiger partial charge in [0.25, 0.3) is 0 Å². The van der Waals surface area contributed by atoms with Crippen molar-refractivity contribution in [3.05, 3.63) is 0 Å². The second-order valence-corrected chi connectivity index (χ2v) is 2.87. The van der Waals surface area contributed by atoms with Gasteiger partial charge in [0.1, 0.15) is 0 Å². The second kappa shape index (κ2) is 1.69. The lowest BCUT2D eigenvalue weighted by molar-refractivity contribution is -0.0274. The zero-order chi connectivity index (χ0) is 6.20. The van der Waals surface area contributed by atoms with Crippen LogP contribution in [0.15, 0.2) is 0 Å². The summed E-state index contributed by atoms with van der Waals surface area (Å²) in [6.07, 6.45) is 0. The highest BCUT2D eigenvalue weighted by Crippen LogP contribution is 2.25. The Morgan fingerprint density at radius 2 is 2.25 bits per heavy atom. The molecule has 0 aromatic rings. The van der Waals surface area contributed by atoms with Crippen LogP contribution in [0.1, 0.15) is 6.92 Å². The molecule has 3 nitrogen and oxygen atoms in total. The molecule has 0 aromatic heterocycles. The Morgan fingerprint density at radius 3 is 2.38 bits per heavy atom.